The molecule has 0 saturated heterocycles. The highest BCUT2D eigenvalue weighted by atomic mass is 16.6. The smallest absolute Gasteiger partial charge is 0.199 e. The maximum Gasteiger partial charge on any atom is 0.199 e. The molecule has 6 aromatic rings. The van der Waals surface area contributed by atoms with Crippen molar-refractivity contribution in [2.24, 2.45) is 0 Å². The van der Waals surface area contributed by atoms with E-state index in [9.17, 15) is 0 Å². The number of nitrogens with zero attached hydrogens (tertiary/aromatic N) is 8. The summed E-state index contributed by atoms with van der Waals surface area (Å²) in [6.45, 7) is 1.06. The van der Waals surface area contributed by atoms with E-state index in [0.717, 1.165) is 22.1 Å². The molecule has 12 heteroatoms. The Morgan fingerprint density at radius 1 is 0.625 bits per heavy atom. The van der Waals surface area contributed by atoms with Crippen LogP contribution in [0.1, 0.15) is 0 Å². The van der Waals surface area contributed by atoms with E-state index in [2.05, 4.69) is 20.6 Å². The van der Waals surface area contributed by atoms with Crippen molar-refractivity contribution >= 4 is 33.7 Å². The first-order valence-corrected chi connectivity index (χ1v) is 9.78. The minimum absolute atomic E-state index is 0.178. The van der Waals surface area contributed by atoms with Crippen LogP contribution in [0.25, 0.3) is 45.1 Å². The molecule has 0 atom stereocenters. The third-order valence-electron chi connectivity index (χ3n) is 5.31. The van der Waals surface area contributed by atoms with Crippen LogP contribution in [-0.2, 0) is 13.1 Å². The fourth-order valence-electron chi connectivity index (χ4n) is 3.87. The van der Waals surface area contributed by atoms with Crippen molar-refractivity contribution in [3.8, 4) is 23.0 Å². The largest absolute Gasteiger partial charge is 0.379 e. The Morgan fingerprint density at radius 2 is 1.06 bits per heavy atom. The van der Waals surface area contributed by atoms with Gasteiger partial charge in [-0.15, -0.1) is 0 Å². The summed E-state index contributed by atoms with van der Waals surface area (Å²) in [7, 11) is 0. The topological polar surface area (TPSA) is 166 Å². The van der Waals surface area contributed by atoms with Crippen molar-refractivity contribution in [1.82, 2.24) is 39.7 Å². The van der Waals surface area contributed by atoms with Crippen molar-refractivity contribution in [3.05, 3.63) is 48.5 Å². The molecular formula is C20H16N10O2. The van der Waals surface area contributed by atoms with Gasteiger partial charge in [-0.25, -0.2) is 19.2 Å². The Kier molecular flexibility index (Phi) is 3.90. The Hall–Kier alpha value is -4.74. The number of nitrogen functional groups attached to an aromatic ring is 2. The molecule has 6 rings (SSSR count). The Bertz CT molecular complexity index is 1460. The van der Waals surface area contributed by atoms with Crippen LogP contribution in [0, 0.1) is 0 Å². The number of aromatic nitrogens is 8. The number of hydrogen-bond donors (Lipinski definition) is 2. The molecule has 4 aromatic heterocycles. The molecule has 0 aliphatic rings. The van der Waals surface area contributed by atoms with E-state index >= 15 is 0 Å². The number of nitrogens with two attached hydrogens (primary N) is 2. The summed E-state index contributed by atoms with van der Waals surface area (Å²) in [5, 5.41) is 15.3. The Balaban J connectivity index is 1.48. The number of para-hydroxylation sites is 4. The van der Waals surface area contributed by atoms with Crippen LogP contribution in [0.3, 0.4) is 0 Å². The first-order valence-electron chi connectivity index (χ1n) is 9.78. The lowest BCUT2D eigenvalue weighted by molar-refractivity contribution is 0.310. The lowest BCUT2D eigenvalue weighted by Crippen LogP contribution is -2.11. The third kappa shape index (κ3) is 2.70. The van der Waals surface area contributed by atoms with E-state index in [1.54, 1.807) is 0 Å². The van der Waals surface area contributed by atoms with Crippen LogP contribution in [0.5, 0.6) is 0 Å². The molecule has 4 N–H and O–H groups in total. The number of hydrogen-bond acceptors (Lipinski definition) is 10. The SMILES string of the molecule is Nc1nonc1-c1nc2ccccc2n1CCn1c(-c2nonc2N)nc2ccccc21. The zero-order valence-corrected chi connectivity index (χ0v) is 16.6. The van der Waals surface area contributed by atoms with Gasteiger partial charge in [-0.2, -0.15) is 0 Å². The summed E-state index contributed by atoms with van der Waals surface area (Å²) in [6.07, 6.45) is 0. The van der Waals surface area contributed by atoms with Crippen molar-refractivity contribution in [2.45, 2.75) is 13.1 Å². The van der Waals surface area contributed by atoms with E-state index in [1.807, 2.05) is 57.7 Å². The van der Waals surface area contributed by atoms with Gasteiger partial charge in [-0.1, -0.05) is 24.3 Å². The van der Waals surface area contributed by atoms with Gasteiger partial charge in [0.2, 0.25) is 0 Å². The molecule has 0 aliphatic carbocycles. The molecular weight excluding hydrogens is 412 g/mol. The predicted molar refractivity (Wildman–Crippen MR) is 115 cm³/mol. The van der Waals surface area contributed by atoms with Gasteiger partial charge in [0.25, 0.3) is 0 Å². The van der Waals surface area contributed by atoms with Gasteiger partial charge < -0.3 is 20.6 Å². The number of fused-ring (bicyclic) bond motifs is 2. The zero-order chi connectivity index (χ0) is 21.7. The molecule has 32 heavy (non-hydrogen) atoms. The summed E-state index contributed by atoms with van der Waals surface area (Å²) >= 11 is 0. The Morgan fingerprint density at radius 3 is 1.47 bits per heavy atom. The number of aryl methyl sites for hydroxylation is 2. The molecule has 0 radical (unpaired) electrons. The van der Waals surface area contributed by atoms with Crippen LogP contribution in [0.15, 0.2) is 57.8 Å². The van der Waals surface area contributed by atoms with E-state index in [4.69, 9.17) is 30.7 Å². The number of rotatable bonds is 5. The highest BCUT2D eigenvalue weighted by Crippen LogP contribution is 2.29. The molecule has 0 spiro atoms. The zero-order valence-electron chi connectivity index (χ0n) is 16.6. The third-order valence-corrected chi connectivity index (χ3v) is 5.31. The maximum absolute atomic E-state index is 5.96. The molecule has 158 valence electrons. The molecule has 0 amide bonds. The van der Waals surface area contributed by atoms with Crippen LogP contribution >= 0.6 is 0 Å². The van der Waals surface area contributed by atoms with Gasteiger partial charge >= 0.3 is 0 Å². The normalized spacial score (nSPS) is 11.6. The first kappa shape index (κ1) is 18.1. The van der Waals surface area contributed by atoms with E-state index in [1.165, 1.54) is 0 Å². The Labute approximate surface area is 179 Å². The molecule has 2 aromatic carbocycles. The van der Waals surface area contributed by atoms with Gasteiger partial charge in [-0.3, -0.25) is 0 Å². The molecule has 0 unspecified atom stereocenters. The fourth-order valence-corrected chi connectivity index (χ4v) is 3.87. The summed E-state index contributed by atoms with van der Waals surface area (Å²) in [4.78, 5) is 9.41. The first-order chi connectivity index (χ1) is 15.7. The lowest BCUT2D eigenvalue weighted by Gasteiger charge is -2.11. The average Bonchev–Trinajstić information content (AvgIpc) is 3.57. The van der Waals surface area contributed by atoms with Gasteiger partial charge in [0.1, 0.15) is 0 Å². The van der Waals surface area contributed by atoms with Crippen LogP contribution < -0.4 is 11.5 Å². The van der Waals surface area contributed by atoms with Crippen molar-refractivity contribution < 1.29 is 9.26 Å². The van der Waals surface area contributed by atoms with Gasteiger partial charge in [0.05, 0.1) is 22.1 Å². The second-order valence-electron chi connectivity index (χ2n) is 7.15. The molecule has 0 bridgehead atoms. The summed E-state index contributed by atoms with van der Waals surface area (Å²) in [5.41, 5.74) is 16.2. The highest BCUT2D eigenvalue weighted by molar-refractivity contribution is 5.82. The summed E-state index contributed by atoms with van der Waals surface area (Å²) < 4.78 is 13.7. The number of anilines is 2. The van der Waals surface area contributed by atoms with Gasteiger partial charge in [-0.05, 0) is 44.9 Å². The summed E-state index contributed by atoms with van der Waals surface area (Å²) in [5.74, 6) is 1.49. The van der Waals surface area contributed by atoms with Crippen molar-refractivity contribution in [2.75, 3.05) is 11.5 Å². The predicted octanol–water partition coefficient (Wildman–Crippen LogP) is 2.35. The minimum atomic E-state index is 0.178. The standard InChI is InChI=1S/C20H16N10O2/c21-17-15(25-31-27-17)19-23-11-5-1-3-7-13(11)29(19)9-10-30-14-8-4-2-6-12(14)24-20(30)16-18(22)28-32-26-16/h1-8H,9-10H2,(H2,21,27)(H2,22,28). The average molecular weight is 428 g/mol. The van der Waals surface area contributed by atoms with Crippen LogP contribution in [0.4, 0.5) is 11.6 Å². The fraction of sp³-hybridized carbons (Fsp3) is 0.100. The van der Waals surface area contributed by atoms with Crippen molar-refractivity contribution in [3.63, 3.8) is 0 Å². The lowest BCUT2D eigenvalue weighted by atomic mass is 10.3. The second-order valence-corrected chi connectivity index (χ2v) is 7.15. The van der Waals surface area contributed by atoms with Gasteiger partial charge in [0, 0.05) is 13.1 Å². The minimum Gasteiger partial charge on any atom is -0.379 e. The van der Waals surface area contributed by atoms with E-state index in [0.29, 0.717) is 36.1 Å². The monoisotopic (exact) mass is 428 g/mol. The quantitative estimate of drug-likeness (QED) is 0.416. The molecule has 12 nitrogen and oxygen atoms in total. The van der Waals surface area contributed by atoms with Crippen molar-refractivity contribution in [1.29, 1.82) is 0 Å². The van der Waals surface area contributed by atoms with Crippen LogP contribution in [0.2, 0.25) is 0 Å². The molecule has 0 aliphatic heterocycles. The number of benzene rings is 2. The van der Waals surface area contributed by atoms with E-state index < -0.39 is 0 Å². The van der Waals surface area contributed by atoms with Gasteiger partial charge in [0.15, 0.2) is 34.7 Å². The molecule has 0 saturated carbocycles. The highest BCUT2D eigenvalue weighted by Gasteiger charge is 2.22. The molecule has 0 fully saturated rings. The summed E-state index contributed by atoms with van der Waals surface area (Å²) in [6, 6.07) is 15.6. The van der Waals surface area contributed by atoms with Crippen LogP contribution in [-0.4, -0.2) is 39.7 Å². The number of imidazole rings is 2. The van der Waals surface area contributed by atoms with E-state index in [-0.39, 0.29) is 11.6 Å². The second kappa shape index (κ2) is 6.91. The molecule has 4 heterocycles. The maximum atomic E-state index is 5.96.